The van der Waals surface area contributed by atoms with Crippen molar-refractivity contribution in [2.24, 2.45) is 4.99 Å². The molecule has 1 aromatic carbocycles. The second-order valence-electron chi connectivity index (χ2n) is 2.95. The number of nitrogens with zero attached hydrogens (tertiary/aromatic N) is 1. The molecule has 17 heavy (non-hydrogen) atoms. The summed E-state index contributed by atoms with van der Waals surface area (Å²) in [6.07, 6.45) is 0. The van der Waals surface area contributed by atoms with Gasteiger partial charge in [0.1, 0.15) is 5.82 Å². The third-order valence-electron chi connectivity index (χ3n) is 1.76. The number of benzene rings is 1. The van der Waals surface area contributed by atoms with Crippen molar-refractivity contribution in [3.8, 4) is 0 Å². The van der Waals surface area contributed by atoms with Crippen LogP contribution in [0.1, 0.15) is 0 Å². The van der Waals surface area contributed by atoms with Crippen molar-refractivity contribution in [1.82, 2.24) is 4.72 Å². The number of halogens is 2. The van der Waals surface area contributed by atoms with Gasteiger partial charge in [-0.3, -0.25) is 15.1 Å². The molecule has 0 radical (unpaired) electrons. The zero-order chi connectivity index (χ0) is 13.1. The van der Waals surface area contributed by atoms with E-state index in [1.165, 1.54) is 7.05 Å². The highest BCUT2D eigenvalue weighted by Gasteiger charge is 2.17. The molecule has 0 aliphatic heterocycles. The first-order valence-electron chi connectivity index (χ1n) is 4.36. The van der Waals surface area contributed by atoms with Crippen molar-refractivity contribution in [3.63, 3.8) is 0 Å². The largest absolute Gasteiger partial charge is 0.281 e. The molecule has 2 N–H and O–H groups in total. The summed E-state index contributed by atoms with van der Waals surface area (Å²) >= 11 is 5.47. The summed E-state index contributed by atoms with van der Waals surface area (Å²) in [6.45, 7) is 0. The topological polar surface area (TPSA) is 82.4 Å². The Bertz CT molecular complexity index is 554. The van der Waals surface area contributed by atoms with Crippen LogP contribution in [-0.4, -0.2) is 26.5 Å². The summed E-state index contributed by atoms with van der Waals surface area (Å²) in [5, 5.41) is 7.05. The van der Waals surface area contributed by atoms with Gasteiger partial charge in [0.05, 0.1) is 4.90 Å². The van der Waals surface area contributed by atoms with E-state index in [1.807, 2.05) is 4.72 Å². The molecule has 0 unspecified atom stereocenters. The zero-order valence-corrected chi connectivity index (χ0v) is 10.3. The summed E-state index contributed by atoms with van der Waals surface area (Å²) < 4.78 is 37.9. The van der Waals surface area contributed by atoms with E-state index in [-0.39, 0.29) is 10.1 Å². The zero-order valence-electron chi connectivity index (χ0n) is 8.74. The summed E-state index contributed by atoms with van der Waals surface area (Å²) in [5.74, 6) is -1.09. The Hall–Kier alpha value is -1.47. The highest BCUT2D eigenvalue weighted by Crippen LogP contribution is 2.09. The van der Waals surface area contributed by atoms with Crippen LogP contribution >= 0.6 is 11.6 Å². The average Bonchev–Trinajstić information content (AvgIpc) is 2.27. The maximum absolute atomic E-state index is 12.6. The molecular weight excluding hydrogens is 269 g/mol. The number of sulfonamides is 1. The van der Waals surface area contributed by atoms with Crippen LogP contribution in [0.2, 0.25) is 0 Å². The predicted octanol–water partition coefficient (Wildman–Crippen LogP) is 1.35. The maximum Gasteiger partial charge on any atom is 0.263 e. The van der Waals surface area contributed by atoms with Gasteiger partial charge in [0.15, 0.2) is 11.0 Å². The lowest BCUT2D eigenvalue weighted by Gasteiger charge is -2.07. The van der Waals surface area contributed by atoms with E-state index in [0.29, 0.717) is 0 Å². The lowest BCUT2D eigenvalue weighted by atomic mass is 10.4. The number of nitrogens with one attached hydrogen (secondary N) is 2. The highest BCUT2D eigenvalue weighted by molar-refractivity contribution is 7.90. The first-order valence-corrected chi connectivity index (χ1v) is 6.22. The van der Waals surface area contributed by atoms with Crippen LogP contribution in [0.3, 0.4) is 0 Å². The van der Waals surface area contributed by atoms with E-state index in [0.717, 1.165) is 24.3 Å². The fourth-order valence-corrected chi connectivity index (χ4v) is 2.04. The Morgan fingerprint density at radius 3 is 2.41 bits per heavy atom. The second kappa shape index (κ2) is 5.24. The Balaban J connectivity index is 2.97. The molecule has 0 aromatic heterocycles. The van der Waals surface area contributed by atoms with Crippen LogP contribution in [0.5, 0.6) is 0 Å². The minimum Gasteiger partial charge on any atom is -0.281 e. The minimum absolute atomic E-state index is 0.163. The van der Waals surface area contributed by atoms with Crippen molar-refractivity contribution in [2.75, 3.05) is 7.05 Å². The van der Waals surface area contributed by atoms with Gasteiger partial charge in [-0.25, -0.2) is 12.8 Å². The van der Waals surface area contributed by atoms with Gasteiger partial charge in [-0.2, -0.15) is 0 Å². The molecule has 1 rings (SSSR count). The van der Waals surface area contributed by atoms with E-state index in [2.05, 4.69) is 4.99 Å². The number of aliphatic imine (C=N–C) groups is 1. The van der Waals surface area contributed by atoms with Gasteiger partial charge in [0.25, 0.3) is 10.0 Å². The summed E-state index contributed by atoms with van der Waals surface area (Å²) in [5.41, 5.74) is 0. The molecule has 92 valence electrons. The molecule has 0 saturated heterocycles. The van der Waals surface area contributed by atoms with Gasteiger partial charge in [-0.05, 0) is 24.3 Å². The quantitative estimate of drug-likeness (QED) is 0.646. The van der Waals surface area contributed by atoms with Crippen molar-refractivity contribution in [1.29, 1.82) is 5.41 Å². The first-order chi connectivity index (χ1) is 7.86. The standard InChI is InChI=1S/C9H9ClFN3O2S/c1-13-8(10)9(12)14-17(15,16)7-4-2-6(11)3-5-7/h2-5H,1H3,(H2,12,14)/b13-8+. The molecule has 0 saturated carbocycles. The van der Waals surface area contributed by atoms with Crippen molar-refractivity contribution in [3.05, 3.63) is 30.1 Å². The van der Waals surface area contributed by atoms with Crippen LogP contribution in [0.4, 0.5) is 4.39 Å². The molecule has 0 aliphatic carbocycles. The van der Waals surface area contributed by atoms with E-state index < -0.39 is 21.7 Å². The molecular formula is C9H9ClFN3O2S. The fourth-order valence-electron chi connectivity index (χ4n) is 0.961. The maximum atomic E-state index is 12.6. The smallest absolute Gasteiger partial charge is 0.263 e. The van der Waals surface area contributed by atoms with Crippen LogP contribution in [0.15, 0.2) is 34.2 Å². The SMILES string of the molecule is C/N=C(/Cl)C(=N)NS(=O)(=O)c1ccc(F)cc1. The van der Waals surface area contributed by atoms with Crippen LogP contribution in [0.25, 0.3) is 0 Å². The highest BCUT2D eigenvalue weighted by atomic mass is 35.5. The lowest BCUT2D eigenvalue weighted by molar-refractivity contribution is 0.591. The normalized spacial score (nSPS) is 12.3. The van der Waals surface area contributed by atoms with E-state index >= 15 is 0 Å². The predicted molar refractivity (Wildman–Crippen MR) is 63.7 cm³/mol. The summed E-state index contributed by atoms with van der Waals surface area (Å²) in [7, 11) is -2.62. The average molecular weight is 278 g/mol. The van der Waals surface area contributed by atoms with Crippen molar-refractivity contribution >= 4 is 32.6 Å². The van der Waals surface area contributed by atoms with Crippen molar-refractivity contribution in [2.45, 2.75) is 4.90 Å². The lowest BCUT2D eigenvalue weighted by Crippen LogP contribution is -2.33. The van der Waals surface area contributed by atoms with Gasteiger partial charge in [0.2, 0.25) is 0 Å². The van der Waals surface area contributed by atoms with Gasteiger partial charge in [0, 0.05) is 7.05 Å². The van der Waals surface area contributed by atoms with Gasteiger partial charge >= 0.3 is 0 Å². The molecule has 0 amide bonds. The molecule has 0 bridgehead atoms. The van der Waals surface area contributed by atoms with Crippen molar-refractivity contribution < 1.29 is 12.8 Å². The second-order valence-corrected chi connectivity index (χ2v) is 4.99. The van der Waals surface area contributed by atoms with E-state index in [4.69, 9.17) is 17.0 Å². The first kappa shape index (κ1) is 13.6. The van der Waals surface area contributed by atoms with Crippen LogP contribution < -0.4 is 4.72 Å². The Kier molecular flexibility index (Phi) is 4.19. The van der Waals surface area contributed by atoms with Crippen LogP contribution in [0, 0.1) is 11.2 Å². The molecule has 0 heterocycles. The van der Waals surface area contributed by atoms with Gasteiger partial charge in [-0.15, -0.1) is 0 Å². The fraction of sp³-hybridized carbons (Fsp3) is 0.111. The number of amidine groups is 1. The number of hydrogen-bond donors (Lipinski definition) is 2. The van der Waals surface area contributed by atoms with Gasteiger partial charge < -0.3 is 0 Å². The van der Waals surface area contributed by atoms with Crippen LogP contribution in [-0.2, 0) is 10.0 Å². The Morgan fingerprint density at radius 2 is 1.94 bits per heavy atom. The summed E-state index contributed by atoms with van der Waals surface area (Å²) in [6, 6.07) is 4.19. The van der Waals surface area contributed by atoms with Gasteiger partial charge in [-0.1, -0.05) is 11.6 Å². The molecule has 1 aromatic rings. The molecule has 0 aliphatic rings. The molecule has 0 atom stereocenters. The summed E-state index contributed by atoms with van der Waals surface area (Å²) in [4.78, 5) is 3.29. The monoisotopic (exact) mass is 277 g/mol. The number of rotatable bonds is 3. The van der Waals surface area contributed by atoms with E-state index in [9.17, 15) is 12.8 Å². The molecule has 0 fully saturated rings. The molecule has 5 nitrogen and oxygen atoms in total. The Morgan fingerprint density at radius 1 is 1.41 bits per heavy atom. The third kappa shape index (κ3) is 3.50. The molecule has 0 spiro atoms. The van der Waals surface area contributed by atoms with E-state index in [1.54, 1.807) is 0 Å². The third-order valence-corrected chi connectivity index (χ3v) is 3.49. The Labute approximate surface area is 103 Å². The number of hydrogen-bond acceptors (Lipinski definition) is 4. The molecule has 8 heteroatoms. The minimum atomic E-state index is -3.94.